The molecule has 6 heteroatoms. The van der Waals surface area contributed by atoms with Gasteiger partial charge in [0.2, 0.25) is 11.7 Å². The second-order valence-corrected chi connectivity index (χ2v) is 5.31. The summed E-state index contributed by atoms with van der Waals surface area (Å²) in [6, 6.07) is 1.81. The second-order valence-electron chi connectivity index (χ2n) is 3.48. The van der Waals surface area contributed by atoms with E-state index in [-0.39, 0.29) is 6.04 Å². The fourth-order valence-corrected chi connectivity index (χ4v) is 2.70. The predicted octanol–water partition coefficient (Wildman–Crippen LogP) is 3.36. The highest BCUT2D eigenvalue weighted by Crippen LogP contribution is 2.28. The summed E-state index contributed by atoms with van der Waals surface area (Å²) in [5, 5.41) is 5.91. The van der Waals surface area contributed by atoms with Crippen LogP contribution in [0.25, 0.3) is 10.7 Å². The van der Waals surface area contributed by atoms with E-state index in [2.05, 4.69) is 33.0 Å². The Morgan fingerprint density at radius 2 is 2.44 bits per heavy atom. The zero-order chi connectivity index (χ0) is 11.5. The first-order valence-electron chi connectivity index (χ1n) is 5.04. The number of aromatic nitrogens is 2. The molecule has 0 amide bonds. The van der Waals surface area contributed by atoms with E-state index in [0.29, 0.717) is 11.7 Å². The minimum absolute atomic E-state index is 0.158. The molecule has 2 aromatic rings. The van der Waals surface area contributed by atoms with Crippen LogP contribution in [0.4, 0.5) is 0 Å². The number of nitrogens with zero attached hydrogens (tertiary/aromatic N) is 2. The number of hydrogen-bond donors (Lipinski definition) is 1. The van der Waals surface area contributed by atoms with Crippen molar-refractivity contribution >= 4 is 27.3 Å². The molecule has 0 unspecified atom stereocenters. The Morgan fingerprint density at radius 3 is 3.06 bits per heavy atom. The number of hydrogen-bond acceptors (Lipinski definition) is 5. The van der Waals surface area contributed by atoms with E-state index >= 15 is 0 Å². The summed E-state index contributed by atoms with van der Waals surface area (Å²) in [7, 11) is 0. The van der Waals surface area contributed by atoms with Crippen molar-refractivity contribution in [1.29, 1.82) is 0 Å². The molecule has 2 rings (SSSR count). The Morgan fingerprint density at radius 1 is 1.62 bits per heavy atom. The van der Waals surface area contributed by atoms with Gasteiger partial charge in [-0.25, -0.2) is 0 Å². The van der Waals surface area contributed by atoms with Gasteiger partial charge in [0.05, 0.1) is 10.9 Å². The normalized spacial score (nSPS) is 12.9. The molecular weight excluding hydrogens is 290 g/mol. The molecule has 0 saturated carbocycles. The van der Waals surface area contributed by atoms with E-state index in [1.54, 1.807) is 11.3 Å². The van der Waals surface area contributed by atoms with Gasteiger partial charge in [-0.1, -0.05) is 18.5 Å². The lowest BCUT2D eigenvalue weighted by Crippen LogP contribution is -2.09. The van der Waals surface area contributed by atoms with Crippen LogP contribution in [0.5, 0.6) is 0 Å². The van der Waals surface area contributed by atoms with E-state index < -0.39 is 0 Å². The van der Waals surface area contributed by atoms with Crippen molar-refractivity contribution in [2.45, 2.75) is 25.8 Å². The van der Waals surface area contributed by atoms with Gasteiger partial charge in [0.25, 0.3) is 0 Å². The molecule has 0 aromatic carbocycles. The summed E-state index contributed by atoms with van der Waals surface area (Å²) >= 11 is 4.96. The SMILES string of the molecule is CCC[C@@H](N)c1nc(-c2cc(Br)cs2)no1. The topological polar surface area (TPSA) is 64.9 Å². The van der Waals surface area contributed by atoms with Crippen LogP contribution in [-0.4, -0.2) is 10.1 Å². The summed E-state index contributed by atoms with van der Waals surface area (Å²) in [5.74, 6) is 1.12. The summed E-state index contributed by atoms with van der Waals surface area (Å²) in [5.41, 5.74) is 5.90. The standard InChI is InChI=1S/C10H12BrN3OS/c1-2-3-7(12)10-13-9(14-15-10)8-4-6(11)5-16-8/h4-5,7H,2-3,12H2,1H3/t7-/m1/s1. The summed E-state index contributed by atoms with van der Waals surface area (Å²) in [4.78, 5) is 5.28. The Bertz CT molecular complexity index is 468. The zero-order valence-electron chi connectivity index (χ0n) is 8.81. The summed E-state index contributed by atoms with van der Waals surface area (Å²) in [6.45, 7) is 2.08. The Balaban J connectivity index is 2.19. The van der Waals surface area contributed by atoms with Gasteiger partial charge >= 0.3 is 0 Å². The van der Waals surface area contributed by atoms with Crippen molar-refractivity contribution in [3.8, 4) is 10.7 Å². The van der Waals surface area contributed by atoms with Crippen LogP contribution < -0.4 is 5.73 Å². The second kappa shape index (κ2) is 5.07. The van der Waals surface area contributed by atoms with Crippen molar-refractivity contribution in [3.63, 3.8) is 0 Å². The molecule has 86 valence electrons. The maximum Gasteiger partial charge on any atom is 0.243 e. The van der Waals surface area contributed by atoms with Gasteiger partial charge in [0.1, 0.15) is 0 Å². The van der Waals surface area contributed by atoms with E-state index in [0.717, 1.165) is 22.2 Å². The van der Waals surface area contributed by atoms with Crippen molar-refractivity contribution in [2.24, 2.45) is 5.73 Å². The molecule has 0 fully saturated rings. The van der Waals surface area contributed by atoms with Crippen LogP contribution in [0.15, 0.2) is 20.4 Å². The fourth-order valence-electron chi connectivity index (χ4n) is 1.35. The van der Waals surface area contributed by atoms with E-state index in [1.165, 1.54) is 0 Å². The molecule has 2 heterocycles. The van der Waals surface area contributed by atoms with Gasteiger partial charge < -0.3 is 10.3 Å². The van der Waals surface area contributed by atoms with Gasteiger partial charge in [-0.3, -0.25) is 0 Å². The Hall–Kier alpha value is -0.720. The van der Waals surface area contributed by atoms with Crippen LogP contribution in [-0.2, 0) is 0 Å². The van der Waals surface area contributed by atoms with Crippen LogP contribution in [0.2, 0.25) is 0 Å². The third-order valence-electron chi connectivity index (χ3n) is 2.15. The molecule has 4 nitrogen and oxygen atoms in total. The van der Waals surface area contributed by atoms with E-state index in [4.69, 9.17) is 10.3 Å². The van der Waals surface area contributed by atoms with Gasteiger partial charge in [-0.2, -0.15) is 4.98 Å². The molecule has 0 aliphatic heterocycles. The van der Waals surface area contributed by atoms with E-state index in [9.17, 15) is 0 Å². The molecule has 0 radical (unpaired) electrons. The Kier molecular flexibility index (Phi) is 3.73. The first kappa shape index (κ1) is 11.8. The molecule has 0 spiro atoms. The average molecular weight is 302 g/mol. The van der Waals surface area contributed by atoms with Crippen LogP contribution in [0.3, 0.4) is 0 Å². The molecule has 2 N–H and O–H groups in total. The minimum Gasteiger partial charge on any atom is -0.337 e. The molecule has 0 bridgehead atoms. The zero-order valence-corrected chi connectivity index (χ0v) is 11.2. The molecular formula is C10H12BrN3OS. The lowest BCUT2D eigenvalue weighted by molar-refractivity contribution is 0.348. The number of halogens is 1. The smallest absolute Gasteiger partial charge is 0.243 e. The first-order chi connectivity index (χ1) is 7.70. The molecule has 16 heavy (non-hydrogen) atoms. The quantitative estimate of drug-likeness (QED) is 0.940. The predicted molar refractivity (Wildman–Crippen MR) is 67.1 cm³/mol. The van der Waals surface area contributed by atoms with Crippen LogP contribution in [0, 0.1) is 0 Å². The summed E-state index contributed by atoms with van der Waals surface area (Å²) in [6.07, 6.45) is 1.86. The highest BCUT2D eigenvalue weighted by Gasteiger charge is 2.15. The number of rotatable bonds is 4. The maximum atomic E-state index is 5.90. The first-order valence-corrected chi connectivity index (χ1v) is 6.71. The lowest BCUT2D eigenvalue weighted by atomic mass is 10.2. The Labute approximate surface area is 106 Å². The van der Waals surface area contributed by atoms with Gasteiger partial charge in [0, 0.05) is 9.85 Å². The highest BCUT2D eigenvalue weighted by atomic mass is 79.9. The largest absolute Gasteiger partial charge is 0.337 e. The monoisotopic (exact) mass is 301 g/mol. The van der Waals surface area contributed by atoms with Gasteiger partial charge in [0.15, 0.2) is 0 Å². The molecule has 1 atom stereocenters. The molecule has 0 aliphatic rings. The highest BCUT2D eigenvalue weighted by molar-refractivity contribution is 9.10. The summed E-state index contributed by atoms with van der Waals surface area (Å²) < 4.78 is 6.17. The average Bonchev–Trinajstić information content (AvgIpc) is 2.85. The molecule has 0 saturated heterocycles. The van der Waals surface area contributed by atoms with Crippen LogP contribution in [0.1, 0.15) is 31.7 Å². The van der Waals surface area contributed by atoms with Crippen LogP contribution >= 0.6 is 27.3 Å². The molecule has 0 aliphatic carbocycles. The third kappa shape index (κ3) is 2.50. The number of thiophene rings is 1. The van der Waals surface area contributed by atoms with Gasteiger partial charge in [-0.15, -0.1) is 11.3 Å². The van der Waals surface area contributed by atoms with Gasteiger partial charge in [-0.05, 0) is 28.4 Å². The molecule has 2 aromatic heterocycles. The number of nitrogens with two attached hydrogens (primary N) is 1. The third-order valence-corrected chi connectivity index (χ3v) is 3.83. The fraction of sp³-hybridized carbons (Fsp3) is 0.400. The maximum absolute atomic E-state index is 5.90. The lowest BCUT2D eigenvalue weighted by Gasteiger charge is -2.01. The minimum atomic E-state index is -0.158. The van der Waals surface area contributed by atoms with Crippen molar-refractivity contribution in [2.75, 3.05) is 0 Å². The van der Waals surface area contributed by atoms with Crippen molar-refractivity contribution < 1.29 is 4.52 Å². The van der Waals surface area contributed by atoms with E-state index in [1.807, 2.05) is 11.4 Å². The van der Waals surface area contributed by atoms with Crippen molar-refractivity contribution in [3.05, 3.63) is 21.8 Å². The van der Waals surface area contributed by atoms with Crippen molar-refractivity contribution in [1.82, 2.24) is 10.1 Å².